The van der Waals surface area contributed by atoms with Gasteiger partial charge in [0.25, 0.3) is 0 Å². The first kappa shape index (κ1) is 22.3. The molecular weight excluding hydrogens is 382 g/mol. The highest BCUT2D eigenvalue weighted by molar-refractivity contribution is 5.80. The number of aliphatic hydroxyl groups excluding tert-OH is 1. The van der Waals surface area contributed by atoms with Crippen molar-refractivity contribution in [3.05, 3.63) is 53.9 Å². The van der Waals surface area contributed by atoms with Crippen molar-refractivity contribution in [1.82, 2.24) is 20.0 Å². The normalized spacial score (nSPS) is 19.5. The molecule has 0 saturated carbocycles. The summed E-state index contributed by atoms with van der Waals surface area (Å²) < 4.78 is 13.5. The van der Waals surface area contributed by atoms with Crippen LogP contribution in [0.3, 0.4) is 0 Å². The van der Waals surface area contributed by atoms with Crippen LogP contribution in [0.5, 0.6) is 0 Å². The molecule has 1 aliphatic rings. The van der Waals surface area contributed by atoms with E-state index in [-0.39, 0.29) is 25.4 Å². The van der Waals surface area contributed by atoms with Gasteiger partial charge in [0, 0.05) is 31.9 Å². The van der Waals surface area contributed by atoms with E-state index < -0.39 is 6.10 Å². The van der Waals surface area contributed by atoms with Crippen molar-refractivity contribution in [3.63, 3.8) is 0 Å². The van der Waals surface area contributed by atoms with Crippen LogP contribution in [0.2, 0.25) is 0 Å². The number of guanidine groups is 1. The first-order valence-corrected chi connectivity index (χ1v) is 10.5. The van der Waals surface area contributed by atoms with Crippen LogP contribution in [0.25, 0.3) is 0 Å². The summed E-state index contributed by atoms with van der Waals surface area (Å²) in [6.45, 7) is 7.35. The molecule has 0 bridgehead atoms. The summed E-state index contributed by atoms with van der Waals surface area (Å²) in [5.41, 5.74) is 2.15. The number of aliphatic hydroxyl groups is 1. The van der Waals surface area contributed by atoms with Gasteiger partial charge in [-0.05, 0) is 19.4 Å². The molecule has 3 atom stereocenters. The van der Waals surface area contributed by atoms with Crippen molar-refractivity contribution in [3.8, 4) is 0 Å². The molecule has 8 heteroatoms. The fourth-order valence-corrected chi connectivity index (χ4v) is 3.40. The fraction of sp³-hybridized carbons (Fsp3) is 0.545. The van der Waals surface area contributed by atoms with Gasteiger partial charge in [0.2, 0.25) is 0 Å². The minimum Gasteiger partial charge on any atom is -0.389 e. The molecule has 3 rings (SSSR count). The second-order valence-corrected chi connectivity index (χ2v) is 7.49. The molecule has 1 aromatic carbocycles. The van der Waals surface area contributed by atoms with E-state index in [1.807, 2.05) is 63.6 Å². The average molecular weight is 416 g/mol. The zero-order chi connectivity index (χ0) is 21.3. The van der Waals surface area contributed by atoms with Crippen LogP contribution < -0.4 is 5.32 Å². The molecule has 1 aromatic heterocycles. The smallest absolute Gasteiger partial charge is 0.194 e. The Morgan fingerprint density at radius 2 is 2.20 bits per heavy atom. The summed E-state index contributed by atoms with van der Waals surface area (Å²) in [6.07, 6.45) is 3.04. The van der Waals surface area contributed by atoms with Crippen molar-refractivity contribution >= 4 is 5.96 Å². The Morgan fingerprint density at radius 1 is 1.40 bits per heavy atom. The molecule has 0 radical (unpaired) electrons. The monoisotopic (exact) mass is 415 g/mol. The Balaban J connectivity index is 1.54. The molecule has 1 fully saturated rings. The number of aromatic nitrogens is 2. The summed E-state index contributed by atoms with van der Waals surface area (Å²) in [5, 5.41) is 17.9. The van der Waals surface area contributed by atoms with Crippen molar-refractivity contribution in [2.24, 2.45) is 12.0 Å². The third kappa shape index (κ3) is 6.29. The van der Waals surface area contributed by atoms with E-state index in [0.29, 0.717) is 13.2 Å². The number of morpholine rings is 1. The summed E-state index contributed by atoms with van der Waals surface area (Å²) >= 11 is 0. The van der Waals surface area contributed by atoms with Gasteiger partial charge in [0.1, 0.15) is 6.10 Å². The topological polar surface area (TPSA) is 84.1 Å². The first-order chi connectivity index (χ1) is 14.6. The van der Waals surface area contributed by atoms with Crippen molar-refractivity contribution in [2.45, 2.75) is 32.2 Å². The standard InChI is InChI=1S/C22H33N5O3/c1-4-23-22(27-10-11-29-21(15-27)19-12-25-26(3)14-19)24-13-20(28)16-30-17(2)18-8-6-5-7-9-18/h5-9,12,14,17,20-21,28H,4,10-11,13,15-16H2,1-3H3,(H,23,24). The highest BCUT2D eigenvalue weighted by atomic mass is 16.5. The first-order valence-electron chi connectivity index (χ1n) is 10.5. The average Bonchev–Trinajstić information content (AvgIpc) is 3.22. The molecule has 0 aliphatic carbocycles. The molecule has 164 valence electrons. The van der Waals surface area contributed by atoms with Crippen LogP contribution in [-0.4, -0.2) is 71.2 Å². The van der Waals surface area contributed by atoms with Crippen LogP contribution >= 0.6 is 0 Å². The van der Waals surface area contributed by atoms with Gasteiger partial charge in [-0.1, -0.05) is 30.3 Å². The molecule has 3 unspecified atom stereocenters. The van der Waals surface area contributed by atoms with Gasteiger partial charge in [0.15, 0.2) is 5.96 Å². The maximum Gasteiger partial charge on any atom is 0.194 e. The minimum atomic E-state index is -0.667. The molecule has 1 aliphatic heterocycles. The van der Waals surface area contributed by atoms with E-state index in [9.17, 15) is 5.11 Å². The Hall–Kier alpha value is -2.42. The number of aryl methyl sites for hydroxylation is 1. The highest BCUT2D eigenvalue weighted by Crippen LogP contribution is 2.21. The van der Waals surface area contributed by atoms with Crippen LogP contribution in [0, 0.1) is 0 Å². The molecular formula is C22H33N5O3. The maximum absolute atomic E-state index is 10.4. The van der Waals surface area contributed by atoms with Crippen molar-refractivity contribution < 1.29 is 14.6 Å². The SMILES string of the molecule is CCNC(=NCC(O)COC(C)c1ccccc1)N1CCOC(c2cnn(C)c2)C1. The minimum absolute atomic E-state index is 0.0451. The molecule has 8 nitrogen and oxygen atoms in total. The number of nitrogens with zero attached hydrogens (tertiary/aromatic N) is 4. The van der Waals surface area contributed by atoms with Gasteiger partial charge in [0.05, 0.1) is 44.7 Å². The molecule has 2 N–H and O–H groups in total. The molecule has 2 heterocycles. The van der Waals surface area contributed by atoms with Gasteiger partial charge in [-0.15, -0.1) is 0 Å². The van der Waals surface area contributed by atoms with E-state index in [4.69, 9.17) is 9.47 Å². The number of rotatable bonds is 8. The van der Waals surface area contributed by atoms with Crippen LogP contribution in [0.1, 0.15) is 37.2 Å². The molecule has 0 amide bonds. The van der Waals surface area contributed by atoms with Crippen molar-refractivity contribution in [1.29, 1.82) is 0 Å². The maximum atomic E-state index is 10.4. The zero-order valence-corrected chi connectivity index (χ0v) is 18.1. The van der Waals surface area contributed by atoms with Gasteiger partial charge in [-0.25, -0.2) is 0 Å². The summed E-state index contributed by atoms with van der Waals surface area (Å²) in [4.78, 5) is 6.82. The Morgan fingerprint density at radius 3 is 2.90 bits per heavy atom. The molecule has 30 heavy (non-hydrogen) atoms. The Bertz CT molecular complexity index is 795. The number of benzene rings is 1. The number of ether oxygens (including phenoxy) is 2. The second kappa shape index (κ2) is 11.1. The Kier molecular flexibility index (Phi) is 8.24. The molecule has 0 spiro atoms. The Labute approximate surface area is 178 Å². The van der Waals surface area contributed by atoms with Crippen molar-refractivity contribution in [2.75, 3.05) is 39.4 Å². The van der Waals surface area contributed by atoms with Gasteiger partial charge >= 0.3 is 0 Å². The molecule has 1 saturated heterocycles. The van der Waals surface area contributed by atoms with E-state index in [0.717, 1.165) is 30.2 Å². The summed E-state index contributed by atoms with van der Waals surface area (Å²) in [6, 6.07) is 10.00. The van der Waals surface area contributed by atoms with E-state index >= 15 is 0 Å². The third-order valence-corrected chi connectivity index (χ3v) is 5.06. The predicted octanol–water partition coefficient (Wildman–Crippen LogP) is 1.90. The summed E-state index contributed by atoms with van der Waals surface area (Å²) in [5.74, 6) is 0.782. The van der Waals surface area contributed by atoms with E-state index in [2.05, 4.69) is 20.3 Å². The largest absolute Gasteiger partial charge is 0.389 e. The van der Waals surface area contributed by atoms with E-state index in [1.165, 1.54) is 0 Å². The summed E-state index contributed by atoms with van der Waals surface area (Å²) in [7, 11) is 1.90. The number of hydrogen-bond donors (Lipinski definition) is 2. The van der Waals surface area contributed by atoms with Crippen LogP contribution in [0.4, 0.5) is 0 Å². The fourth-order valence-electron chi connectivity index (χ4n) is 3.40. The molecule has 2 aromatic rings. The lowest BCUT2D eigenvalue weighted by Gasteiger charge is -2.35. The van der Waals surface area contributed by atoms with Gasteiger partial charge < -0.3 is 24.8 Å². The number of nitrogens with one attached hydrogen (secondary N) is 1. The lowest BCUT2D eigenvalue weighted by atomic mass is 10.1. The van der Waals surface area contributed by atoms with Crippen LogP contribution in [0.15, 0.2) is 47.7 Å². The van der Waals surface area contributed by atoms with Gasteiger partial charge in [-0.2, -0.15) is 5.10 Å². The predicted molar refractivity (Wildman–Crippen MR) is 116 cm³/mol. The highest BCUT2D eigenvalue weighted by Gasteiger charge is 2.25. The van der Waals surface area contributed by atoms with Crippen LogP contribution in [-0.2, 0) is 16.5 Å². The van der Waals surface area contributed by atoms with Gasteiger partial charge in [-0.3, -0.25) is 9.67 Å². The lowest BCUT2D eigenvalue weighted by Crippen LogP contribution is -2.48. The number of aliphatic imine (C=N–C) groups is 1. The third-order valence-electron chi connectivity index (χ3n) is 5.06. The number of hydrogen-bond acceptors (Lipinski definition) is 5. The van der Waals surface area contributed by atoms with E-state index in [1.54, 1.807) is 4.68 Å². The zero-order valence-electron chi connectivity index (χ0n) is 18.1. The second-order valence-electron chi connectivity index (χ2n) is 7.49. The quantitative estimate of drug-likeness (QED) is 0.506. The lowest BCUT2D eigenvalue weighted by molar-refractivity contribution is -0.00890.